The highest BCUT2D eigenvalue weighted by Crippen LogP contribution is 2.21. The van der Waals surface area contributed by atoms with E-state index in [9.17, 15) is 4.39 Å². The molecule has 0 saturated heterocycles. The monoisotopic (exact) mass is 251 g/mol. The molecule has 1 aromatic heterocycles. The van der Waals surface area contributed by atoms with Gasteiger partial charge in [-0.2, -0.15) is 4.98 Å². The Bertz CT molecular complexity index is 542. The smallest absolute Gasteiger partial charge is 0.257 e. The van der Waals surface area contributed by atoms with Crippen molar-refractivity contribution in [2.45, 2.75) is 13.0 Å². The highest BCUT2D eigenvalue weighted by Gasteiger charge is 2.15. The first-order chi connectivity index (χ1) is 8.61. The normalized spacial score (nSPS) is 12.7. The maximum Gasteiger partial charge on any atom is 0.257 e. The van der Waals surface area contributed by atoms with E-state index in [0.29, 0.717) is 29.4 Å². The Morgan fingerprint density at radius 3 is 2.94 bits per heavy atom. The molecule has 0 bridgehead atoms. The summed E-state index contributed by atoms with van der Waals surface area (Å²) < 4.78 is 23.2. The van der Waals surface area contributed by atoms with Crippen molar-refractivity contribution in [3.05, 3.63) is 35.4 Å². The van der Waals surface area contributed by atoms with Crippen molar-refractivity contribution in [1.29, 1.82) is 0 Å². The van der Waals surface area contributed by atoms with Crippen LogP contribution in [0.5, 0.6) is 0 Å². The van der Waals surface area contributed by atoms with Crippen LogP contribution < -0.4 is 5.73 Å². The molecular formula is C12H14FN3O2. The van der Waals surface area contributed by atoms with Crippen LogP contribution >= 0.6 is 0 Å². The fourth-order valence-electron chi connectivity index (χ4n) is 1.53. The van der Waals surface area contributed by atoms with Gasteiger partial charge in [-0.3, -0.25) is 0 Å². The zero-order chi connectivity index (χ0) is 13.1. The summed E-state index contributed by atoms with van der Waals surface area (Å²) in [6.07, 6.45) is 0. The van der Waals surface area contributed by atoms with Gasteiger partial charge in [-0.1, -0.05) is 5.16 Å². The van der Waals surface area contributed by atoms with Crippen LogP contribution in [0.4, 0.5) is 4.39 Å². The number of hydrogen-bond acceptors (Lipinski definition) is 5. The van der Waals surface area contributed by atoms with Crippen LogP contribution in [0.2, 0.25) is 0 Å². The molecule has 1 heterocycles. The predicted molar refractivity (Wildman–Crippen MR) is 63.2 cm³/mol. The zero-order valence-corrected chi connectivity index (χ0v) is 10.2. The van der Waals surface area contributed by atoms with Crippen molar-refractivity contribution in [1.82, 2.24) is 10.1 Å². The molecule has 96 valence electrons. The van der Waals surface area contributed by atoms with E-state index in [2.05, 4.69) is 10.1 Å². The number of methoxy groups -OCH3 is 1. The van der Waals surface area contributed by atoms with Crippen LogP contribution in [0, 0.1) is 12.7 Å². The second kappa shape index (κ2) is 5.24. The molecule has 2 N–H and O–H groups in total. The second-order valence-corrected chi connectivity index (χ2v) is 3.98. The highest BCUT2D eigenvalue weighted by molar-refractivity contribution is 5.54. The van der Waals surface area contributed by atoms with Gasteiger partial charge in [0, 0.05) is 12.7 Å². The highest BCUT2D eigenvalue weighted by atomic mass is 19.1. The molecule has 0 aliphatic rings. The summed E-state index contributed by atoms with van der Waals surface area (Å²) in [7, 11) is 1.55. The van der Waals surface area contributed by atoms with Gasteiger partial charge >= 0.3 is 0 Å². The third-order valence-corrected chi connectivity index (χ3v) is 2.52. The molecule has 1 atom stereocenters. The summed E-state index contributed by atoms with van der Waals surface area (Å²) in [4.78, 5) is 4.16. The SMILES string of the molecule is COCC(N)c1noc(-c2ccc(F)c(C)c2)n1. The molecule has 1 unspecified atom stereocenters. The minimum Gasteiger partial charge on any atom is -0.383 e. The number of ether oxygens (including phenoxy) is 1. The van der Waals surface area contributed by atoms with E-state index in [1.165, 1.54) is 6.07 Å². The van der Waals surface area contributed by atoms with Crippen LogP contribution in [-0.2, 0) is 4.74 Å². The van der Waals surface area contributed by atoms with Crippen LogP contribution in [-0.4, -0.2) is 23.9 Å². The molecule has 2 aromatic rings. The molecule has 18 heavy (non-hydrogen) atoms. The standard InChI is InChI=1S/C12H14FN3O2/c1-7-5-8(3-4-9(7)13)12-15-11(16-18-12)10(14)6-17-2/h3-5,10H,6,14H2,1-2H3. The van der Waals surface area contributed by atoms with Gasteiger partial charge < -0.3 is 15.0 Å². The molecule has 6 heteroatoms. The van der Waals surface area contributed by atoms with Crippen LogP contribution in [0.3, 0.4) is 0 Å². The van der Waals surface area contributed by atoms with Gasteiger partial charge in [0.05, 0.1) is 12.6 Å². The molecular weight excluding hydrogens is 237 g/mol. The van der Waals surface area contributed by atoms with Crippen molar-refractivity contribution in [3.8, 4) is 11.5 Å². The number of rotatable bonds is 4. The number of hydrogen-bond donors (Lipinski definition) is 1. The Kier molecular flexibility index (Phi) is 3.69. The lowest BCUT2D eigenvalue weighted by Crippen LogP contribution is -2.17. The summed E-state index contributed by atoms with van der Waals surface area (Å²) in [5.74, 6) is 0.419. The average molecular weight is 251 g/mol. The lowest BCUT2D eigenvalue weighted by molar-refractivity contribution is 0.177. The van der Waals surface area contributed by atoms with E-state index in [1.54, 1.807) is 26.2 Å². The quantitative estimate of drug-likeness (QED) is 0.897. The zero-order valence-electron chi connectivity index (χ0n) is 10.2. The lowest BCUT2D eigenvalue weighted by Gasteiger charge is -2.03. The minimum atomic E-state index is -0.436. The molecule has 1 aromatic carbocycles. The van der Waals surface area contributed by atoms with E-state index < -0.39 is 6.04 Å². The summed E-state index contributed by atoms with van der Waals surface area (Å²) in [6, 6.07) is 4.16. The van der Waals surface area contributed by atoms with E-state index in [4.69, 9.17) is 15.0 Å². The van der Waals surface area contributed by atoms with Gasteiger partial charge in [0.15, 0.2) is 5.82 Å². The third-order valence-electron chi connectivity index (χ3n) is 2.52. The number of nitrogens with two attached hydrogens (primary N) is 1. The van der Waals surface area contributed by atoms with Crippen molar-refractivity contribution >= 4 is 0 Å². The van der Waals surface area contributed by atoms with E-state index in [0.717, 1.165) is 0 Å². The Balaban J connectivity index is 2.26. The summed E-state index contributed by atoms with van der Waals surface area (Å²) >= 11 is 0. The van der Waals surface area contributed by atoms with Crippen LogP contribution in [0.1, 0.15) is 17.4 Å². The second-order valence-electron chi connectivity index (χ2n) is 3.98. The van der Waals surface area contributed by atoms with Gasteiger partial charge in [0.2, 0.25) is 0 Å². The maximum absolute atomic E-state index is 13.1. The van der Waals surface area contributed by atoms with E-state index in [-0.39, 0.29) is 5.82 Å². The van der Waals surface area contributed by atoms with Gasteiger partial charge in [0.1, 0.15) is 5.82 Å². The first kappa shape index (κ1) is 12.7. The van der Waals surface area contributed by atoms with Gasteiger partial charge in [0.25, 0.3) is 5.89 Å². The fourth-order valence-corrected chi connectivity index (χ4v) is 1.53. The minimum absolute atomic E-state index is 0.269. The number of benzene rings is 1. The third kappa shape index (κ3) is 2.55. The molecule has 5 nitrogen and oxygen atoms in total. The summed E-state index contributed by atoms with van der Waals surface area (Å²) in [5.41, 5.74) is 6.97. The molecule has 0 fully saturated rings. The Hall–Kier alpha value is -1.79. The van der Waals surface area contributed by atoms with Crippen LogP contribution in [0.15, 0.2) is 22.7 Å². The number of aromatic nitrogens is 2. The van der Waals surface area contributed by atoms with Crippen molar-refractivity contribution in [2.24, 2.45) is 5.73 Å². The van der Waals surface area contributed by atoms with Crippen molar-refractivity contribution in [3.63, 3.8) is 0 Å². The first-order valence-corrected chi connectivity index (χ1v) is 5.46. The topological polar surface area (TPSA) is 74.2 Å². The molecule has 0 saturated carbocycles. The largest absolute Gasteiger partial charge is 0.383 e. The summed E-state index contributed by atoms with van der Waals surface area (Å²) in [5, 5.41) is 3.78. The molecule has 2 rings (SSSR count). The van der Waals surface area contributed by atoms with Gasteiger partial charge in [-0.15, -0.1) is 0 Å². The van der Waals surface area contributed by atoms with Gasteiger partial charge in [-0.05, 0) is 30.7 Å². The van der Waals surface area contributed by atoms with E-state index in [1.807, 2.05) is 0 Å². The number of halogens is 1. The van der Waals surface area contributed by atoms with Crippen LogP contribution in [0.25, 0.3) is 11.5 Å². The number of aryl methyl sites for hydroxylation is 1. The first-order valence-electron chi connectivity index (χ1n) is 5.46. The molecule has 0 aliphatic carbocycles. The van der Waals surface area contributed by atoms with Gasteiger partial charge in [-0.25, -0.2) is 4.39 Å². The number of nitrogens with zero attached hydrogens (tertiary/aromatic N) is 2. The molecule has 0 amide bonds. The fraction of sp³-hybridized carbons (Fsp3) is 0.333. The van der Waals surface area contributed by atoms with Crippen molar-refractivity contribution < 1.29 is 13.7 Å². The predicted octanol–water partition coefficient (Wildman–Crippen LogP) is 1.83. The lowest BCUT2D eigenvalue weighted by atomic mass is 10.1. The molecule has 0 radical (unpaired) electrons. The Morgan fingerprint density at radius 2 is 2.28 bits per heavy atom. The van der Waals surface area contributed by atoms with Crippen molar-refractivity contribution in [2.75, 3.05) is 13.7 Å². The summed E-state index contributed by atoms with van der Waals surface area (Å²) in [6.45, 7) is 1.98. The molecule has 0 spiro atoms. The maximum atomic E-state index is 13.1. The average Bonchev–Trinajstić information content (AvgIpc) is 2.82. The Morgan fingerprint density at radius 1 is 1.50 bits per heavy atom. The molecule has 0 aliphatic heterocycles. The van der Waals surface area contributed by atoms with E-state index >= 15 is 0 Å². The Labute approximate surface area is 104 Å².